The van der Waals surface area contributed by atoms with Crippen LogP contribution in [-0.2, 0) is 0 Å². The van der Waals surface area contributed by atoms with Crippen LogP contribution in [0, 0.1) is 0 Å². The van der Waals surface area contributed by atoms with E-state index in [0.29, 0.717) is 30.7 Å². The Balaban J connectivity index is 1.45. The highest BCUT2D eigenvalue weighted by molar-refractivity contribution is 5.82. The van der Waals surface area contributed by atoms with Crippen molar-refractivity contribution in [3.63, 3.8) is 0 Å². The van der Waals surface area contributed by atoms with Crippen LogP contribution in [0.3, 0.4) is 0 Å². The molecule has 0 fully saturated rings. The summed E-state index contributed by atoms with van der Waals surface area (Å²) in [4.78, 5) is 4.31. The summed E-state index contributed by atoms with van der Waals surface area (Å²) in [5.41, 5.74) is 2.67. The van der Waals surface area contributed by atoms with Crippen molar-refractivity contribution in [2.24, 2.45) is 0 Å². The lowest BCUT2D eigenvalue weighted by atomic mass is 10.1. The summed E-state index contributed by atoms with van der Waals surface area (Å²) in [6.45, 7) is 1.07. The summed E-state index contributed by atoms with van der Waals surface area (Å²) < 4.78 is 17.2. The van der Waals surface area contributed by atoms with Crippen molar-refractivity contribution in [3.05, 3.63) is 48.8 Å². The van der Waals surface area contributed by atoms with E-state index in [1.54, 1.807) is 12.4 Å². The average molecular weight is 334 g/mol. The first-order valence-electron chi connectivity index (χ1n) is 7.92. The van der Waals surface area contributed by atoms with E-state index in [2.05, 4.69) is 20.5 Å². The van der Waals surface area contributed by atoms with E-state index in [1.807, 2.05) is 36.4 Å². The summed E-state index contributed by atoms with van der Waals surface area (Å²) in [7, 11) is 0. The number of hydrogen-bond acceptors (Lipinski definition) is 6. The van der Waals surface area contributed by atoms with Gasteiger partial charge in [0, 0.05) is 11.1 Å². The first-order valence-corrected chi connectivity index (χ1v) is 7.92. The zero-order valence-electron chi connectivity index (χ0n) is 13.2. The van der Waals surface area contributed by atoms with Gasteiger partial charge in [-0.05, 0) is 30.3 Å². The number of fused-ring (bicyclic) bond motifs is 2. The number of aromatic amines is 1. The van der Waals surface area contributed by atoms with Gasteiger partial charge in [0.1, 0.15) is 13.2 Å². The molecule has 2 aromatic carbocycles. The SMILES string of the molecule is c1cc2c(c(-c3cnc(Nc4ccc5[nH]ncc5c4)o3)c1)OCCO2. The van der Waals surface area contributed by atoms with Gasteiger partial charge in [-0.2, -0.15) is 5.10 Å². The minimum Gasteiger partial charge on any atom is -0.486 e. The van der Waals surface area contributed by atoms with E-state index in [0.717, 1.165) is 27.9 Å². The van der Waals surface area contributed by atoms with Crippen molar-refractivity contribution >= 4 is 22.6 Å². The maximum absolute atomic E-state index is 5.85. The van der Waals surface area contributed by atoms with Crippen molar-refractivity contribution in [2.75, 3.05) is 18.5 Å². The fourth-order valence-electron chi connectivity index (χ4n) is 2.87. The van der Waals surface area contributed by atoms with Gasteiger partial charge in [0.2, 0.25) is 0 Å². The van der Waals surface area contributed by atoms with Crippen LogP contribution in [0.5, 0.6) is 11.5 Å². The Kier molecular flexibility index (Phi) is 3.09. The molecule has 1 aliphatic rings. The third-order valence-electron chi connectivity index (χ3n) is 4.03. The molecule has 5 rings (SSSR count). The predicted octanol–water partition coefficient (Wildman–Crippen LogP) is 3.73. The van der Waals surface area contributed by atoms with Crippen molar-refractivity contribution < 1.29 is 13.9 Å². The van der Waals surface area contributed by atoms with Crippen LogP contribution < -0.4 is 14.8 Å². The smallest absolute Gasteiger partial charge is 0.299 e. The minimum absolute atomic E-state index is 0.409. The molecule has 1 aliphatic heterocycles. The molecule has 0 spiro atoms. The van der Waals surface area contributed by atoms with E-state index >= 15 is 0 Å². The quantitative estimate of drug-likeness (QED) is 0.594. The molecule has 0 saturated heterocycles. The summed E-state index contributed by atoms with van der Waals surface area (Å²) in [6.07, 6.45) is 3.45. The summed E-state index contributed by atoms with van der Waals surface area (Å²) >= 11 is 0. The van der Waals surface area contributed by atoms with E-state index in [1.165, 1.54) is 0 Å². The van der Waals surface area contributed by atoms with E-state index in [-0.39, 0.29) is 0 Å². The lowest BCUT2D eigenvalue weighted by molar-refractivity contribution is 0.172. The second kappa shape index (κ2) is 5.55. The molecule has 0 amide bonds. The Hall–Kier alpha value is -3.48. The zero-order valence-corrected chi connectivity index (χ0v) is 13.2. The lowest BCUT2D eigenvalue weighted by Crippen LogP contribution is -2.15. The number of hydrogen-bond donors (Lipinski definition) is 2. The first-order chi connectivity index (χ1) is 12.4. The molecule has 0 bridgehead atoms. The van der Waals surface area contributed by atoms with Gasteiger partial charge in [-0.15, -0.1) is 0 Å². The Bertz CT molecular complexity index is 1050. The van der Waals surface area contributed by atoms with Crippen LogP contribution in [0.1, 0.15) is 0 Å². The molecule has 7 heteroatoms. The highest BCUT2D eigenvalue weighted by Crippen LogP contribution is 2.40. The standard InChI is InChI=1S/C18H14N4O3/c1-2-13(17-15(3-1)23-6-7-24-17)16-10-19-18(25-16)21-12-4-5-14-11(8-12)9-20-22-14/h1-5,8-10H,6-7H2,(H,19,21)(H,20,22). The molecule has 0 atom stereocenters. The molecule has 7 nitrogen and oxygen atoms in total. The van der Waals surface area contributed by atoms with Crippen molar-refractivity contribution in [2.45, 2.75) is 0 Å². The Morgan fingerprint density at radius 2 is 2.00 bits per heavy atom. The number of H-pyrrole nitrogens is 1. The minimum atomic E-state index is 0.409. The van der Waals surface area contributed by atoms with Gasteiger partial charge in [-0.1, -0.05) is 6.07 Å². The molecule has 0 aliphatic carbocycles. The molecular weight excluding hydrogens is 320 g/mol. The largest absolute Gasteiger partial charge is 0.486 e. The molecule has 25 heavy (non-hydrogen) atoms. The Morgan fingerprint density at radius 1 is 1.04 bits per heavy atom. The molecule has 3 heterocycles. The van der Waals surface area contributed by atoms with Gasteiger partial charge >= 0.3 is 0 Å². The third-order valence-corrected chi connectivity index (χ3v) is 4.03. The predicted molar refractivity (Wildman–Crippen MR) is 92.3 cm³/mol. The van der Waals surface area contributed by atoms with Crippen LogP contribution in [0.15, 0.2) is 53.2 Å². The molecule has 124 valence electrons. The van der Waals surface area contributed by atoms with Crippen LogP contribution >= 0.6 is 0 Å². The number of ether oxygens (including phenoxy) is 2. The van der Waals surface area contributed by atoms with Crippen LogP contribution in [0.25, 0.3) is 22.2 Å². The van der Waals surface area contributed by atoms with Crippen LogP contribution in [0.2, 0.25) is 0 Å². The molecule has 4 aromatic rings. The second-order valence-electron chi connectivity index (χ2n) is 5.66. The summed E-state index contributed by atoms with van der Waals surface area (Å²) in [6, 6.07) is 12.0. The fourth-order valence-corrected chi connectivity index (χ4v) is 2.87. The zero-order chi connectivity index (χ0) is 16.6. The number of anilines is 2. The number of oxazole rings is 1. The molecule has 0 radical (unpaired) electrons. The topological polar surface area (TPSA) is 85.2 Å². The number of benzene rings is 2. The summed E-state index contributed by atoms with van der Waals surface area (Å²) in [5, 5.41) is 11.1. The highest BCUT2D eigenvalue weighted by atomic mass is 16.6. The maximum Gasteiger partial charge on any atom is 0.299 e. The average Bonchev–Trinajstić information content (AvgIpc) is 3.30. The van der Waals surface area contributed by atoms with Crippen LogP contribution in [0.4, 0.5) is 11.7 Å². The molecular formula is C18H14N4O3. The van der Waals surface area contributed by atoms with Gasteiger partial charge in [-0.3, -0.25) is 5.10 Å². The molecule has 2 aromatic heterocycles. The van der Waals surface area contributed by atoms with Gasteiger partial charge in [-0.25, -0.2) is 4.98 Å². The first kappa shape index (κ1) is 13.9. The van der Waals surface area contributed by atoms with Gasteiger partial charge in [0.25, 0.3) is 6.01 Å². The van der Waals surface area contributed by atoms with Crippen molar-refractivity contribution in [3.8, 4) is 22.8 Å². The number of rotatable bonds is 3. The fraction of sp³-hybridized carbons (Fsp3) is 0.111. The maximum atomic E-state index is 5.85. The highest BCUT2D eigenvalue weighted by Gasteiger charge is 2.19. The number of para-hydroxylation sites is 1. The van der Waals surface area contributed by atoms with Gasteiger partial charge in [0.15, 0.2) is 17.3 Å². The molecule has 0 unspecified atom stereocenters. The monoisotopic (exact) mass is 334 g/mol. The second-order valence-corrected chi connectivity index (χ2v) is 5.66. The van der Waals surface area contributed by atoms with E-state index in [4.69, 9.17) is 13.9 Å². The lowest BCUT2D eigenvalue weighted by Gasteiger charge is -2.19. The van der Waals surface area contributed by atoms with Crippen LogP contribution in [-0.4, -0.2) is 28.4 Å². The molecule has 0 saturated carbocycles. The van der Waals surface area contributed by atoms with Gasteiger partial charge in [0.05, 0.1) is 23.5 Å². The Labute approximate surface area is 142 Å². The summed E-state index contributed by atoms with van der Waals surface area (Å²) in [5.74, 6) is 2.03. The van der Waals surface area contributed by atoms with E-state index in [9.17, 15) is 0 Å². The van der Waals surface area contributed by atoms with Crippen molar-refractivity contribution in [1.82, 2.24) is 15.2 Å². The number of nitrogens with zero attached hydrogens (tertiary/aromatic N) is 2. The Morgan fingerprint density at radius 3 is 3.00 bits per heavy atom. The molecule has 2 N–H and O–H groups in total. The van der Waals surface area contributed by atoms with Gasteiger partial charge < -0.3 is 19.2 Å². The number of nitrogens with one attached hydrogen (secondary N) is 2. The van der Waals surface area contributed by atoms with E-state index < -0.39 is 0 Å². The third kappa shape index (κ3) is 2.46. The normalized spacial score (nSPS) is 13.1. The van der Waals surface area contributed by atoms with Crippen molar-refractivity contribution in [1.29, 1.82) is 0 Å². The number of aromatic nitrogens is 3.